The van der Waals surface area contributed by atoms with Gasteiger partial charge in [0, 0.05) is 19.3 Å². The molecule has 2 heterocycles. The Kier molecular flexibility index (Phi) is 3.08. The van der Waals surface area contributed by atoms with E-state index in [0.29, 0.717) is 17.4 Å². The van der Waals surface area contributed by atoms with E-state index in [0.717, 1.165) is 23.9 Å². The first kappa shape index (κ1) is 12.9. The smallest absolute Gasteiger partial charge is 0.339 e. The van der Waals surface area contributed by atoms with E-state index in [1.807, 2.05) is 14.0 Å². The molecule has 0 aromatic carbocycles. The number of aromatic nitrogens is 3. The second-order valence-corrected chi connectivity index (χ2v) is 5.39. The van der Waals surface area contributed by atoms with Gasteiger partial charge in [0.15, 0.2) is 5.65 Å². The molecule has 2 aromatic heterocycles. The number of carboxylic acid groups (broad SMARTS) is 1. The lowest BCUT2D eigenvalue weighted by atomic mass is 10.1. The van der Waals surface area contributed by atoms with Crippen molar-refractivity contribution in [3.05, 3.63) is 17.5 Å². The third-order valence-electron chi connectivity index (χ3n) is 3.96. The molecule has 6 heteroatoms. The topological polar surface area (TPSA) is 80.0 Å². The van der Waals surface area contributed by atoms with E-state index in [9.17, 15) is 9.90 Å². The van der Waals surface area contributed by atoms with E-state index >= 15 is 0 Å². The highest BCUT2D eigenvalue weighted by molar-refractivity contribution is 6.04. The maximum Gasteiger partial charge on any atom is 0.339 e. The fourth-order valence-corrected chi connectivity index (χ4v) is 3.00. The monoisotopic (exact) mass is 274 g/mol. The Balaban J connectivity index is 2.17. The molecule has 0 saturated heterocycles. The van der Waals surface area contributed by atoms with Gasteiger partial charge < -0.3 is 10.4 Å². The lowest BCUT2D eigenvalue weighted by Gasteiger charge is -2.16. The number of hydrogen-bond donors (Lipinski definition) is 2. The molecule has 6 nitrogen and oxygen atoms in total. The molecule has 0 atom stereocenters. The number of carboxylic acids is 1. The summed E-state index contributed by atoms with van der Waals surface area (Å²) < 4.78 is 1.69. The normalized spacial score (nSPS) is 15.9. The van der Waals surface area contributed by atoms with Gasteiger partial charge in [0.2, 0.25) is 0 Å². The predicted octanol–water partition coefficient (Wildman–Crippen LogP) is 2.33. The van der Waals surface area contributed by atoms with Gasteiger partial charge in [-0.2, -0.15) is 5.10 Å². The van der Waals surface area contributed by atoms with E-state index < -0.39 is 5.97 Å². The first-order chi connectivity index (χ1) is 9.58. The predicted molar refractivity (Wildman–Crippen MR) is 76.1 cm³/mol. The Bertz CT molecular complexity index is 671. The van der Waals surface area contributed by atoms with Crippen LogP contribution < -0.4 is 5.32 Å². The number of fused-ring (bicyclic) bond motifs is 1. The van der Waals surface area contributed by atoms with Gasteiger partial charge >= 0.3 is 5.97 Å². The summed E-state index contributed by atoms with van der Waals surface area (Å²) in [5.74, 6) is -0.955. The number of anilines is 1. The second-order valence-electron chi connectivity index (χ2n) is 5.39. The maximum atomic E-state index is 11.5. The zero-order chi connectivity index (χ0) is 14.3. The summed E-state index contributed by atoms with van der Waals surface area (Å²) in [6.07, 6.45) is 5.98. The number of carbonyl (C=O) groups is 1. The lowest BCUT2D eigenvalue weighted by molar-refractivity contribution is 0.0697. The SMILES string of the molecule is Cc1nn(C)c2ncc(C(=O)O)c(NC3CCCC3)c12. The summed E-state index contributed by atoms with van der Waals surface area (Å²) in [6.45, 7) is 1.88. The average Bonchev–Trinajstić information content (AvgIpc) is 2.99. The molecule has 1 aliphatic rings. The van der Waals surface area contributed by atoms with E-state index in [4.69, 9.17) is 0 Å². The highest BCUT2D eigenvalue weighted by Gasteiger charge is 2.23. The third kappa shape index (κ3) is 2.01. The second kappa shape index (κ2) is 4.77. The highest BCUT2D eigenvalue weighted by Crippen LogP contribution is 2.31. The standard InChI is InChI=1S/C14H18N4O2/c1-8-11-12(16-9-5-3-4-6-9)10(14(19)20)7-15-13(11)18(2)17-8/h7,9H,3-6H2,1-2H3,(H,15,16)(H,19,20). The summed E-state index contributed by atoms with van der Waals surface area (Å²) in [6, 6.07) is 0.346. The van der Waals surface area contributed by atoms with Crippen LogP contribution in [-0.2, 0) is 7.05 Å². The van der Waals surface area contributed by atoms with Crippen LogP contribution >= 0.6 is 0 Å². The van der Waals surface area contributed by atoms with Gasteiger partial charge in [0.05, 0.1) is 16.8 Å². The van der Waals surface area contributed by atoms with Crippen molar-refractivity contribution in [3.63, 3.8) is 0 Å². The first-order valence-corrected chi connectivity index (χ1v) is 6.90. The van der Waals surface area contributed by atoms with Crippen LogP contribution in [0.1, 0.15) is 41.7 Å². The van der Waals surface area contributed by atoms with Crippen LogP contribution in [0.15, 0.2) is 6.20 Å². The van der Waals surface area contributed by atoms with Crippen LogP contribution in [0, 0.1) is 6.92 Å². The van der Waals surface area contributed by atoms with Crippen molar-refractivity contribution in [3.8, 4) is 0 Å². The Morgan fingerprint density at radius 1 is 1.45 bits per heavy atom. The van der Waals surface area contributed by atoms with Crippen LogP contribution in [0.25, 0.3) is 11.0 Å². The first-order valence-electron chi connectivity index (χ1n) is 6.90. The van der Waals surface area contributed by atoms with Gasteiger partial charge in [-0.15, -0.1) is 0 Å². The Morgan fingerprint density at radius 3 is 2.80 bits per heavy atom. The van der Waals surface area contributed by atoms with Crippen LogP contribution in [0.5, 0.6) is 0 Å². The van der Waals surface area contributed by atoms with E-state index in [2.05, 4.69) is 15.4 Å². The minimum absolute atomic E-state index is 0.223. The summed E-state index contributed by atoms with van der Waals surface area (Å²) in [4.78, 5) is 15.7. The van der Waals surface area contributed by atoms with Crippen molar-refractivity contribution in [1.29, 1.82) is 0 Å². The van der Waals surface area contributed by atoms with Crippen molar-refractivity contribution in [2.75, 3.05) is 5.32 Å². The quantitative estimate of drug-likeness (QED) is 0.898. The molecule has 1 saturated carbocycles. The zero-order valence-electron chi connectivity index (χ0n) is 11.7. The number of aromatic carboxylic acids is 1. The fraction of sp³-hybridized carbons (Fsp3) is 0.500. The maximum absolute atomic E-state index is 11.5. The van der Waals surface area contributed by atoms with E-state index in [-0.39, 0.29) is 5.56 Å². The number of aryl methyl sites for hydroxylation is 2. The molecule has 2 N–H and O–H groups in total. The lowest BCUT2D eigenvalue weighted by Crippen LogP contribution is -2.17. The third-order valence-corrected chi connectivity index (χ3v) is 3.96. The van der Waals surface area contributed by atoms with Crippen molar-refractivity contribution in [1.82, 2.24) is 14.8 Å². The molecule has 0 spiro atoms. The van der Waals surface area contributed by atoms with Crippen molar-refractivity contribution in [2.24, 2.45) is 7.05 Å². The molecule has 0 unspecified atom stereocenters. The molecule has 0 bridgehead atoms. The number of pyridine rings is 1. The van der Waals surface area contributed by atoms with Crippen LogP contribution in [0.4, 0.5) is 5.69 Å². The number of nitrogens with one attached hydrogen (secondary N) is 1. The Labute approximate surface area is 116 Å². The summed E-state index contributed by atoms with van der Waals surface area (Å²) in [7, 11) is 1.82. The largest absolute Gasteiger partial charge is 0.478 e. The van der Waals surface area contributed by atoms with Gasteiger partial charge in [-0.3, -0.25) is 4.68 Å². The molecule has 0 aliphatic heterocycles. The molecular formula is C14H18N4O2. The van der Waals surface area contributed by atoms with Gasteiger partial charge in [0.25, 0.3) is 0 Å². The fourth-order valence-electron chi connectivity index (χ4n) is 3.00. The molecule has 2 aromatic rings. The number of nitrogens with zero attached hydrogens (tertiary/aromatic N) is 3. The Hall–Kier alpha value is -2.11. The van der Waals surface area contributed by atoms with Crippen molar-refractivity contribution >= 4 is 22.7 Å². The van der Waals surface area contributed by atoms with Crippen LogP contribution in [0.3, 0.4) is 0 Å². The minimum atomic E-state index is -0.955. The molecule has 0 radical (unpaired) electrons. The van der Waals surface area contributed by atoms with E-state index in [1.54, 1.807) is 4.68 Å². The van der Waals surface area contributed by atoms with Crippen molar-refractivity contribution in [2.45, 2.75) is 38.6 Å². The molecule has 20 heavy (non-hydrogen) atoms. The van der Waals surface area contributed by atoms with Gasteiger partial charge in [-0.1, -0.05) is 12.8 Å². The van der Waals surface area contributed by atoms with Gasteiger partial charge in [-0.25, -0.2) is 9.78 Å². The number of rotatable bonds is 3. The summed E-state index contributed by atoms with van der Waals surface area (Å²) in [5, 5.41) is 18.0. The summed E-state index contributed by atoms with van der Waals surface area (Å²) in [5.41, 5.74) is 2.41. The van der Waals surface area contributed by atoms with Crippen molar-refractivity contribution < 1.29 is 9.90 Å². The highest BCUT2D eigenvalue weighted by atomic mass is 16.4. The van der Waals surface area contributed by atoms with Crippen LogP contribution in [0.2, 0.25) is 0 Å². The molecule has 3 rings (SSSR count). The average molecular weight is 274 g/mol. The molecule has 1 aliphatic carbocycles. The molecule has 0 amide bonds. The Morgan fingerprint density at radius 2 is 2.15 bits per heavy atom. The van der Waals surface area contributed by atoms with Gasteiger partial charge in [-0.05, 0) is 19.8 Å². The molecule has 106 valence electrons. The van der Waals surface area contributed by atoms with E-state index in [1.165, 1.54) is 19.0 Å². The zero-order valence-corrected chi connectivity index (χ0v) is 11.7. The van der Waals surface area contributed by atoms with Gasteiger partial charge in [0.1, 0.15) is 5.56 Å². The summed E-state index contributed by atoms with van der Waals surface area (Å²) >= 11 is 0. The minimum Gasteiger partial charge on any atom is -0.478 e. The number of hydrogen-bond acceptors (Lipinski definition) is 4. The van der Waals surface area contributed by atoms with Crippen LogP contribution in [-0.4, -0.2) is 31.9 Å². The molecule has 1 fully saturated rings. The molecular weight excluding hydrogens is 256 g/mol.